The van der Waals surface area contributed by atoms with Crippen molar-refractivity contribution < 1.29 is 14.3 Å². The van der Waals surface area contributed by atoms with Crippen LogP contribution in [-0.2, 0) is 4.74 Å². The number of nitrogen functional groups attached to an aromatic ring is 1. The highest BCUT2D eigenvalue weighted by Gasteiger charge is 2.13. The highest BCUT2D eigenvalue weighted by Crippen LogP contribution is 2.26. The molecule has 0 bridgehead atoms. The predicted molar refractivity (Wildman–Crippen MR) is 115 cm³/mol. The van der Waals surface area contributed by atoms with Crippen LogP contribution in [0.2, 0.25) is 10.0 Å². The maximum Gasteiger partial charge on any atom is 0.337 e. The first-order valence-electron chi connectivity index (χ1n) is 8.46. The summed E-state index contributed by atoms with van der Waals surface area (Å²) < 4.78 is 4.66. The monoisotopic (exact) mass is 446 g/mol. The van der Waals surface area contributed by atoms with Gasteiger partial charge in [-0.2, -0.15) is 0 Å². The van der Waals surface area contributed by atoms with Gasteiger partial charge < -0.3 is 15.8 Å². The number of aromatic nitrogens is 2. The van der Waals surface area contributed by atoms with Gasteiger partial charge in [-0.3, -0.25) is 15.6 Å². The maximum atomic E-state index is 12.3. The molecule has 154 valence electrons. The lowest BCUT2D eigenvalue weighted by molar-refractivity contribution is 0.0600. The summed E-state index contributed by atoms with van der Waals surface area (Å²) in [5.41, 5.74) is 12.6. The molecule has 5 N–H and O–H groups in total. The van der Waals surface area contributed by atoms with Crippen molar-refractivity contribution in [2.75, 3.05) is 23.6 Å². The third-order valence-corrected chi connectivity index (χ3v) is 4.47. The van der Waals surface area contributed by atoms with E-state index in [0.29, 0.717) is 22.1 Å². The van der Waals surface area contributed by atoms with E-state index in [-0.39, 0.29) is 22.1 Å². The summed E-state index contributed by atoms with van der Waals surface area (Å²) in [6, 6.07) is 11.0. The molecule has 2 aromatic carbocycles. The Labute approximate surface area is 181 Å². The van der Waals surface area contributed by atoms with Gasteiger partial charge in [-0.25, -0.2) is 14.8 Å². The lowest BCUT2D eigenvalue weighted by atomic mass is 10.2. The molecule has 0 spiro atoms. The van der Waals surface area contributed by atoms with Crippen molar-refractivity contribution in [2.24, 2.45) is 0 Å². The summed E-state index contributed by atoms with van der Waals surface area (Å²) in [6.45, 7) is 0. The molecule has 30 heavy (non-hydrogen) atoms. The van der Waals surface area contributed by atoms with E-state index in [1.807, 2.05) is 0 Å². The Kier molecular flexibility index (Phi) is 6.55. The molecule has 0 saturated carbocycles. The fraction of sp³-hybridized carbons (Fsp3) is 0.0526. The van der Waals surface area contributed by atoms with Crippen molar-refractivity contribution in [1.29, 1.82) is 0 Å². The van der Waals surface area contributed by atoms with Gasteiger partial charge in [0.05, 0.1) is 23.3 Å². The van der Waals surface area contributed by atoms with E-state index in [9.17, 15) is 9.59 Å². The first kappa shape index (κ1) is 21.2. The Morgan fingerprint density at radius 2 is 1.73 bits per heavy atom. The van der Waals surface area contributed by atoms with Gasteiger partial charge in [-0.15, -0.1) is 0 Å². The minimum atomic E-state index is -0.498. The van der Waals surface area contributed by atoms with E-state index in [1.165, 1.54) is 25.6 Å². The fourth-order valence-electron chi connectivity index (χ4n) is 2.40. The van der Waals surface area contributed by atoms with E-state index in [1.54, 1.807) is 30.3 Å². The first-order chi connectivity index (χ1) is 14.4. The first-order valence-corrected chi connectivity index (χ1v) is 9.22. The molecule has 0 atom stereocenters. The second-order valence-electron chi connectivity index (χ2n) is 5.88. The molecule has 3 aromatic rings. The maximum absolute atomic E-state index is 12.3. The number of halogens is 2. The zero-order valence-corrected chi connectivity index (χ0v) is 17.1. The van der Waals surface area contributed by atoms with E-state index < -0.39 is 11.9 Å². The highest BCUT2D eigenvalue weighted by atomic mass is 35.5. The molecule has 0 aliphatic carbocycles. The van der Waals surface area contributed by atoms with E-state index >= 15 is 0 Å². The minimum absolute atomic E-state index is 0.164. The van der Waals surface area contributed by atoms with Crippen LogP contribution < -0.4 is 21.9 Å². The summed E-state index contributed by atoms with van der Waals surface area (Å²) in [5.74, 6) is -0.456. The molecular formula is C19H16Cl2N6O3. The smallest absolute Gasteiger partial charge is 0.337 e. The van der Waals surface area contributed by atoms with E-state index in [4.69, 9.17) is 28.9 Å². The number of hydrogen-bond acceptors (Lipinski definition) is 8. The van der Waals surface area contributed by atoms with Crippen LogP contribution in [0.3, 0.4) is 0 Å². The largest absolute Gasteiger partial charge is 0.465 e. The van der Waals surface area contributed by atoms with Crippen molar-refractivity contribution >= 4 is 58.1 Å². The number of amides is 1. The molecule has 1 aromatic heterocycles. The Bertz CT molecular complexity index is 1090. The van der Waals surface area contributed by atoms with E-state index in [2.05, 4.69) is 30.9 Å². The van der Waals surface area contributed by atoms with Crippen molar-refractivity contribution in [3.8, 4) is 0 Å². The number of nitrogens with one attached hydrogen (secondary N) is 3. The number of nitrogens with two attached hydrogens (primary N) is 1. The second kappa shape index (κ2) is 9.29. The summed E-state index contributed by atoms with van der Waals surface area (Å²) >= 11 is 11.9. The summed E-state index contributed by atoms with van der Waals surface area (Å²) in [7, 11) is 1.31. The van der Waals surface area contributed by atoms with Crippen molar-refractivity contribution in [2.45, 2.75) is 0 Å². The molecule has 11 heteroatoms. The van der Waals surface area contributed by atoms with Crippen LogP contribution in [0.25, 0.3) is 0 Å². The summed E-state index contributed by atoms with van der Waals surface area (Å²) in [5, 5.41) is 3.64. The van der Waals surface area contributed by atoms with Gasteiger partial charge >= 0.3 is 5.97 Å². The molecule has 9 nitrogen and oxygen atoms in total. The number of esters is 1. The fourth-order valence-corrected chi connectivity index (χ4v) is 2.89. The number of carbonyl (C=O) groups is 2. The van der Waals surface area contributed by atoms with Crippen LogP contribution in [-0.4, -0.2) is 29.0 Å². The van der Waals surface area contributed by atoms with Gasteiger partial charge in [0.2, 0.25) is 0 Å². The predicted octanol–water partition coefficient (Wildman–Crippen LogP) is 3.65. The van der Waals surface area contributed by atoms with Gasteiger partial charge in [0.15, 0.2) is 11.6 Å². The number of benzene rings is 2. The third kappa shape index (κ3) is 4.88. The molecule has 0 aliphatic heterocycles. The average molecular weight is 447 g/mol. The Morgan fingerprint density at radius 3 is 2.40 bits per heavy atom. The number of anilines is 4. The zero-order chi connectivity index (χ0) is 21.7. The molecule has 0 fully saturated rings. The number of hydrogen-bond donors (Lipinski definition) is 4. The van der Waals surface area contributed by atoms with Crippen molar-refractivity contribution in [3.63, 3.8) is 0 Å². The lowest BCUT2D eigenvalue weighted by Gasteiger charge is -2.13. The summed E-state index contributed by atoms with van der Waals surface area (Å²) in [4.78, 5) is 31.9. The standard InChI is InChI=1S/C19H16Cl2N6O3/c1-30-19(29)10-2-5-12(6-3-10)25-16-15(22)17(24-9-23-16)26-27-18(28)13-7-4-11(20)8-14(13)21/h2-9H,22H2,1H3,(H,27,28)(H2,23,24,25,26). The van der Waals surface area contributed by atoms with Gasteiger partial charge in [-0.05, 0) is 42.5 Å². The molecular weight excluding hydrogens is 431 g/mol. The van der Waals surface area contributed by atoms with Crippen LogP contribution in [0.4, 0.5) is 23.0 Å². The Hall–Kier alpha value is -3.56. The molecule has 0 unspecified atom stereocenters. The summed E-state index contributed by atoms with van der Waals surface area (Å²) in [6.07, 6.45) is 1.27. The van der Waals surface area contributed by atoms with Crippen LogP contribution in [0.1, 0.15) is 20.7 Å². The van der Waals surface area contributed by atoms with Gasteiger partial charge in [0, 0.05) is 10.7 Å². The minimum Gasteiger partial charge on any atom is -0.465 e. The number of carbonyl (C=O) groups excluding carboxylic acids is 2. The van der Waals surface area contributed by atoms with Gasteiger partial charge in [0.1, 0.15) is 12.0 Å². The molecule has 0 aliphatic rings. The van der Waals surface area contributed by atoms with Crippen LogP contribution in [0, 0.1) is 0 Å². The molecule has 1 amide bonds. The van der Waals surface area contributed by atoms with E-state index in [0.717, 1.165) is 0 Å². The SMILES string of the molecule is COC(=O)c1ccc(Nc2ncnc(NNC(=O)c3ccc(Cl)cc3Cl)c2N)cc1. The molecule has 0 saturated heterocycles. The van der Waals surface area contributed by atoms with Gasteiger partial charge in [-0.1, -0.05) is 23.2 Å². The normalized spacial score (nSPS) is 10.2. The van der Waals surface area contributed by atoms with Crippen molar-refractivity contribution in [3.05, 3.63) is 70.0 Å². The lowest BCUT2D eigenvalue weighted by Crippen LogP contribution is -2.30. The molecule has 1 heterocycles. The number of ether oxygens (including phenoxy) is 1. The Morgan fingerprint density at radius 1 is 1.03 bits per heavy atom. The van der Waals surface area contributed by atoms with Crippen LogP contribution >= 0.6 is 23.2 Å². The molecule has 0 radical (unpaired) electrons. The topological polar surface area (TPSA) is 131 Å². The second-order valence-corrected chi connectivity index (χ2v) is 6.73. The number of hydrazine groups is 1. The molecule has 3 rings (SSSR count). The Balaban J connectivity index is 1.70. The van der Waals surface area contributed by atoms with Crippen molar-refractivity contribution in [1.82, 2.24) is 15.4 Å². The highest BCUT2D eigenvalue weighted by molar-refractivity contribution is 6.36. The number of rotatable bonds is 6. The quantitative estimate of drug-likeness (QED) is 0.333. The third-order valence-electron chi connectivity index (χ3n) is 3.92. The number of nitrogens with zero attached hydrogens (tertiary/aromatic N) is 2. The van der Waals surface area contributed by atoms with Gasteiger partial charge in [0.25, 0.3) is 5.91 Å². The van der Waals surface area contributed by atoms with Crippen LogP contribution in [0.15, 0.2) is 48.8 Å². The van der Waals surface area contributed by atoms with Crippen LogP contribution in [0.5, 0.6) is 0 Å². The average Bonchev–Trinajstić information content (AvgIpc) is 2.74. The number of methoxy groups -OCH3 is 1. The zero-order valence-electron chi connectivity index (χ0n) is 15.6.